The Kier molecular flexibility index (Phi) is 4.07. The normalized spacial score (nSPS) is 18.9. The first kappa shape index (κ1) is 14.3. The van der Waals surface area contributed by atoms with Crippen molar-refractivity contribution in [1.82, 2.24) is 14.6 Å². The van der Waals surface area contributed by atoms with E-state index < -0.39 is 5.97 Å². The molecule has 7 heteroatoms. The summed E-state index contributed by atoms with van der Waals surface area (Å²) in [6.45, 7) is 0.787. The number of aromatic nitrogens is 3. The average Bonchev–Trinajstić information content (AvgIpc) is 2.91. The van der Waals surface area contributed by atoms with Gasteiger partial charge in [-0.15, -0.1) is 10.2 Å². The maximum atomic E-state index is 11.7. The molecule has 1 atom stereocenters. The first-order chi connectivity index (χ1) is 10.2. The molecule has 1 fully saturated rings. The van der Waals surface area contributed by atoms with Gasteiger partial charge < -0.3 is 9.47 Å². The van der Waals surface area contributed by atoms with Crippen molar-refractivity contribution in [3.05, 3.63) is 28.7 Å². The molecule has 3 rings (SSSR count). The number of nitrogens with zero attached hydrogens (tertiary/aromatic N) is 3. The third-order valence-electron chi connectivity index (χ3n) is 3.64. The molecule has 0 spiro atoms. The molecule has 1 aliphatic heterocycles. The lowest BCUT2D eigenvalue weighted by atomic mass is 10.1. The van der Waals surface area contributed by atoms with Crippen LogP contribution in [0.25, 0.3) is 5.65 Å². The molecule has 0 amide bonds. The summed E-state index contributed by atoms with van der Waals surface area (Å²) in [4.78, 5) is 11.7. The van der Waals surface area contributed by atoms with E-state index in [0.29, 0.717) is 22.7 Å². The Morgan fingerprint density at radius 3 is 3.10 bits per heavy atom. The van der Waals surface area contributed by atoms with Crippen molar-refractivity contribution in [1.29, 1.82) is 0 Å². The van der Waals surface area contributed by atoms with E-state index in [4.69, 9.17) is 21.1 Å². The molecule has 1 aliphatic rings. The Hall–Kier alpha value is -1.66. The number of hydrogen-bond acceptors (Lipinski definition) is 5. The molecule has 0 aliphatic carbocycles. The summed E-state index contributed by atoms with van der Waals surface area (Å²) in [6, 6.07) is 1.54. The molecule has 112 valence electrons. The molecule has 0 aromatic carbocycles. The van der Waals surface area contributed by atoms with Gasteiger partial charge in [-0.2, -0.15) is 0 Å². The van der Waals surface area contributed by atoms with Gasteiger partial charge in [0.1, 0.15) is 5.82 Å². The van der Waals surface area contributed by atoms with Gasteiger partial charge >= 0.3 is 5.97 Å². The Labute approximate surface area is 127 Å². The van der Waals surface area contributed by atoms with E-state index in [1.807, 2.05) is 0 Å². The summed E-state index contributed by atoms with van der Waals surface area (Å²) in [7, 11) is 1.34. The zero-order valence-corrected chi connectivity index (χ0v) is 12.5. The van der Waals surface area contributed by atoms with Crippen LogP contribution in [0.4, 0.5) is 0 Å². The SMILES string of the molecule is COC(=O)c1cc(Cl)c2nnc(CC3CCCCO3)n2c1. The fourth-order valence-corrected chi connectivity index (χ4v) is 2.79. The van der Waals surface area contributed by atoms with Crippen LogP contribution in [-0.2, 0) is 15.9 Å². The van der Waals surface area contributed by atoms with Crippen molar-refractivity contribution >= 4 is 23.2 Å². The van der Waals surface area contributed by atoms with Crippen LogP contribution in [0.1, 0.15) is 35.4 Å². The third kappa shape index (κ3) is 2.87. The van der Waals surface area contributed by atoms with Gasteiger partial charge in [0.15, 0.2) is 5.65 Å². The fraction of sp³-hybridized carbons (Fsp3) is 0.500. The van der Waals surface area contributed by atoms with E-state index >= 15 is 0 Å². The summed E-state index contributed by atoms with van der Waals surface area (Å²) in [6.07, 6.45) is 5.74. The van der Waals surface area contributed by atoms with Gasteiger partial charge in [0.05, 0.1) is 23.8 Å². The third-order valence-corrected chi connectivity index (χ3v) is 3.91. The minimum atomic E-state index is -0.438. The van der Waals surface area contributed by atoms with Gasteiger partial charge in [-0.25, -0.2) is 4.79 Å². The topological polar surface area (TPSA) is 65.7 Å². The van der Waals surface area contributed by atoms with Gasteiger partial charge in [-0.3, -0.25) is 4.40 Å². The van der Waals surface area contributed by atoms with Crippen molar-refractivity contribution in [3.63, 3.8) is 0 Å². The molecule has 0 radical (unpaired) electrons. The van der Waals surface area contributed by atoms with E-state index in [9.17, 15) is 4.79 Å². The molecule has 6 nitrogen and oxygen atoms in total. The van der Waals surface area contributed by atoms with E-state index in [1.54, 1.807) is 10.6 Å². The quantitative estimate of drug-likeness (QED) is 0.814. The van der Waals surface area contributed by atoms with Gasteiger partial charge in [0.2, 0.25) is 0 Å². The molecule has 2 aromatic heterocycles. The van der Waals surface area contributed by atoms with Crippen molar-refractivity contribution in [2.45, 2.75) is 31.8 Å². The lowest BCUT2D eigenvalue weighted by molar-refractivity contribution is 0.0155. The summed E-state index contributed by atoms with van der Waals surface area (Å²) in [5.74, 6) is 0.303. The minimum Gasteiger partial charge on any atom is -0.465 e. The molecular weight excluding hydrogens is 294 g/mol. The number of hydrogen-bond donors (Lipinski definition) is 0. The number of carbonyl (C=O) groups is 1. The molecule has 1 unspecified atom stereocenters. The van der Waals surface area contributed by atoms with E-state index in [0.717, 1.165) is 31.7 Å². The van der Waals surface area contributed by atoms with Crippen LogP contribution in [-0.4, -0.2) is 40.4 Å². The highest BCUT2D eigenvalue weighted by atomic mass is 35.5. The highest BCUT2D eigenvalue weighted by Crippen LogP contribution is 2.22. The zero-order chi connectivity index (χ0) is 14.8. The summed E-state index contributed by atoms with van der Waals surface area (Å²) < 4.78 is 12.2. The van der Waals surface area contributed by atoms with Crippen molar-refractivity contribution in [2.75, 3.05) is 13.7 Å². The Morgan fingerprint density at radius 2 is 2.38 bits per heavy atom. The minimum absolute atomic E-state index is 0.145. The van der Waals surface area contributed by atoms with Gasteiger partial charge in [-0.1, -0.05) is 11.6 Å². The maximum absolute atomic E-state index is 11.7. The highest BCUT2D eigenvalue weighted by molar-refractivity contribution is 6.33. The van der Waals surface area contributed by atoms with Crippen LogP contribution in [0.5, 0.6) is 0 Å². The smallest absolute Gasteiger partial charge is 0.339 e. The van der Waals surface area contributed by atoms with Crippen LogP contribution in [0, 0.1) is 0 Å². The molecule has 2 aromatic rings. The maximum Gasteiger partial charge on any atom is 0.339 e. The van der Waals surface area contributed by atoms with Gasteiger partial charge in [-0.05, 0) is 25.3 Å². The second-order valence-electron chi connectivity index (χ2n) is 5.07. The van der Waals surface area contributed by atoms with E-state index in [1.165, 1.54) is 13.2 Å². The summed E-state index contributed by atoms with van der Waals surface area (Å²) in [5, 5.41) is 8.63. The molecule has 3 heterocycles. The second-order valence-corrected chi connectivity index (χ2v) is 5.48. The van der Waals surface area contributed by atoms with Crippen molar-refractivity contribution < 1.29 is 14.3 Å². The fourth-order valence-electron chi connectivity index (χ4n) is 2.54. The van der Waals surface area contributed by atoms with E-state index in [-0.39, 0.29) is 6.10 Å². The standard InChI is InChI=1S/C14H16ClN3O3/c1-20-14(19)9-6-11(15)13-17-16-12(18(13)8-9)7-10-4-2-3-5-21-10/h6,8,10H,2-5,7H2,1H3. The summed E-state index contributed by atoms with van der Waals surface area (Å²) >= 11 is 6.16. The van der Waals surface area contributed by atoms with Crippen LogP contribution in [0.3, 0.4) is 0 Å². The molecule has 0 bridgehead atoms. The Balaban J connectivity index is 1.95. The zero-order valence-electron chi connectivity index (χ0n) is 11.7. The summed E-state index contributed by atoms with van der Waals surface area (Å²) in [5.41, 5.74) is 0.913. The molecule has 0 N–H and O–H groups in total. The Morgan fingerprint density at radius 1 is 1.52 bits per heavy atom. The van der Waals surface area contributed by atoms with Gasteiger partial charge in [0, 0.05) is 19.2 Å². The monoisotopic (exact) mass is 309 g/mol. The predicted molar refractivity (Wildman–Crippen MR) is 76.6 cm³/mol. The number of esters is 1. The van der Waals surface area contributed by atoms with Crippen LogP contribution >= 0.6 is 11.6 Å². The van der Waals surface area contributed by atoms with Crippen LogP contribution < -0.4 is 0 Å². The molecule has 1 saturated heterocycles. The van der Waals surface area contributed by atoms with Crippen molar-refractivity contribution in [3.8, 4) is 0 Å². The number of rotatable bonds is 3. The lowest BCUT2D eigenvalue weighted by Gasteiger charge is -2.21. The average molecular weight is 310 g/mol. The first-order valence-electron chi connectivity index (χ1n) is 6.92. The number of fused-ring (bicyclic) bond motifs is 1. The first-order valence-corrected chi connectivity index (χ1v) is 7.30. The number of carbonyl (C=O) groups excluding carboxylic acids is 1. The largest absolute Gasteiger partial charge is 0.465 e. The van der Waals surface area contributed by atoms with Gasteiger partial charge in [0.25, 0.3) is 0 Å². The second kappa shape index (κ2) is 5.99. The number of halogens is 1. The molecule has 21 heavy (non-hydrogen) atoms. The molecule has 0 saturated carbocycles. The predicted octanol–water partition coefficient (Wildman–Crippen LogP) is 2.28. The number of methoxy groups -OCH3 is 1. The van der Waals surface area contributed by atoms with E-state index in [2.05, 4.69) is 10.2 Å². The van der Waals surface area contributed by atoms with Crippen LogP contribution in [0.15, 0.2) is 12.3 Å². The highest BCUT2D eigenvalue weighted by Gasteiger charge is 2.19. The van der Waals surface area contributed by atoms with Crippen molar-refractivity contribution in [2.24, 2.45) is 0 Å². The number of pyridine rings is 1. The molecular formula is C14H16ClN3O3. The number of ether oxygens (including phenoxy) is 2. The van der Waals surface area contributed by atoms with Crippen LogP contribution in [0.2, 0.25) is 5.02 Å². The Bertz CT molecular complexity index is 665. The lowest BCUT2D eigenvalue weighted by Crippen LogP contribution is -2.22.